The molecule has 0 aliphatic carbocycles. The molecule has 1 N–H and O–H groups in total. The lowest BCUT2D eigenvalue weighted by molar-refractivity contribution is -0.124. The fourth-order valence-electron chi connectivity index (χ4n) is 3.32. The number of esters is 1. The van der Waals surface area contributed by atoms with Gasteiger partial charge in [-0.1, -0.05) is 67.6 Å². The van der Waals surface area contributed by atoms with E-state index in [-0.39, 0.29) is 18.4 Å². The van der Waals surface area contributed by atoms with Crippen LogP contribution in [0.3, 0.4) is 0 Å². The van der Waals surface area contributed by atoms with Crippen molar-refractivity contribution in [2.24, 2.45) is 0 Å². The molecule has 0 aliphatic rings. The van der Waals surface area contributed by atoms with Gasteiger partial charge in [-0.05, 0) is 30.9 Å². The minimum Gasteiger partial charge on any atom is -0.452 e. The highest BCUT2D eigenvalue weighted by Gasteiger charge is 2.21. The van der Waals surface area contributed by atoms with Crippen molar-refractivity contribution < 1.29 is 14.3 Å². The number of ether oxygens (including phenoxy) is 1. The molecule has 0 saturated carbocycles. The lowest BCUT2D eigenvalue weighted by atomic mass is 10.0. The molecular weight excluding hydrogens is 378 g/mol. The van der Waals surface area contributed by atoms with Gasteiger partial charge in [-0.15, -0.1) is 0 Å². The summed E-state index contributed by atoms with van der Waals surface area (Å²) < 4.78 is 7.03. The standard InChI is InChI=1S/C24H27N3O3/c1-17(21-12-8-5-9-13-21)14-25-22(28)16-30-24(29)23-18(2)26-27(19(23)3)15-20-10-6-4-7-11-20/h4-13,17H,14-16H2,1-3H3,(H,25,28)/t17-/m1/s1. The van der Waals surface area contributed by atoms with Crippen LogP contribution in [0.1, 0.15) is 45.7 Å². The summed E-state index contributed by atoms with van der Waals surface area (Å²) >= 11 is 0. The van der Waals surface area contributed by atoms with E-state index in [1.54, 1.807) is 11.6 Å². The second kappa shape index (κ2) is 9.87. The summed E-state index contributed by atoms with van der Waals surface area (Å²) in [4.78, 5) is 24.7. The smallest absolute Gasteiger partial charge is 0.342 e. The molecule has 0 saturated heterocycles. The molecule has 3 aromatic rings. The Balaban J connectivity index is 1.54. The van der Waals surface area contributed by atoms with Crippen LogP contribution in [0.15, 0.2) is 60.7 Å². The summed E-state index contributed by atoms with van der Waals surface area (Å²) in [6, 6.07) is 19.9. The maximum atomic E-state index is 12.6. The van der Waals surface area contributed by atoms with Crippen molar-refractivity contribution in [1.82, 2.24) is 15.1 Å². The van der Waals surface area contributed by atoms with Crippen molar-refractivity contribution in [2.45, 2.75) is 33.2 Å². The zero-order valence-corrected chi connectivity index (χ0v) is 17.6. The molecule has 0 bridgehead atoms. The van der Waals surface area contributed by atoms with E-state index in [4.69, 9.17) is 4.74 Å². The zero-order valence-electron chi connectivity index (χ0n) is 17.6. The van der Waals surface area contributed by atoms with Gasteiger partial charge in [0.05, 0.1) is 17.9 Å². The molecule has 1 atom stereocenters. The number of hydrogen-bond donors (Lipinski definition) is 1. The highest BCUT2D eigenvalue weighted by Crippen LogP contribution is 2.16. The van der Waals surface area contributed by atoms with Crippen molar-refractivity contribution in [3.8, 4) is 0 Å². The lowest BCUT2D eigenvalue weighted by Crippen LogP contribution is -2.31. The number of rotatable bonds is 8. The van der Waals surface area contributed by atoms with Crippen molar-refractivity contribution in [3.63, 3.8) is 0 Å². The van der Waals surface area contributed by atoms with Crippen LogP contribution in [0.4, 0.5) is 0 Å². The van der Waals surface area contributed by atoms with Gasteiger partial charge in [0.2, 0.25) is 0 Å². The van der Waals surface area contributed by atoms with Gasteiger partial charge in [0.25, 0.3) is 5.91 Å². The van der Waals surface area contributed by atoms with Crippen molar-refractivity contribution >= 4 is 11.9 Å². The molecule has 156 valence electrons. The number of aromatic nitrogens is 2. The number of aryl methyl sites for hydroxylation is 1. The maximum Gasteiger partial charge on any atom is 0.342 e. The SMILES string of the molecule is Cc1nn(Cc2ccccc2)c(C)c1C(=O)OCC(=O)NC[C@@H](C)c1ccccc1. The van der Waals surface area contributed by atoms with Crippen molar-refractivity contribution in [3.05, 3.63) is 88.7 Å². The molecule has 0 fully saturated rings. The highest BCUT2D eigenvalue weighted by molar-refractivity contribution is 5.93. The van der Waals surface area contributed by atoms with Gasteiger partial charge in [-0.3, -0.25) is 9.48 Å². The average Bonchev–Trinajstić information content (AvgIpc) is 3.04. The molecule has 0 spiro atoms. The molecule has 6 nitrogen and oxygen atoms in total. The molecule has 0 aliphatic heterocycles. The van der Waals surface area contributed by atoms with E-state index < -0.39 is 5.97 Å². The molecule has 1 amide bonds. The van der Waals surface area contributed by atoms with Gasteiger partial charge in [-0.25, -0.2) is 4.79 Å². The molecule has 6 heteroatoms. The van der Waals surface area contributed by atoms with Crippen LogP contribution in [0.5, 0.6) is 0 Å². The molecular formula is C24H27N3O3. The van der Waals surface area contributed by atoms with E-state index >= 15 is 0 Å². The lowest BCUT2D eigenvalue weighted by Gasteiger charge is -2.13. The van der Waals surface area contributed by atoms with Crippen LogP contribution >= 0.6 is 0 Å². The second-order valence-electron chi connectivity index (χ2n) is 7.38. The summed E-state index contributed by atoms with van der Waals surface area (Å²) in [6.07, 6.45) is 0. The van der Waals surface area contributed by atoms with Gasteiger partial charge in [-0.2, -0.15) is 5.10 Å². The average molecular weight is 405 g/mol. The highest BCUT2D eigenvalue weighted by atomic mass is 16.5. The van der Waals surface area contributed by atoms with Gasteiger partial charge < -0.3 is 10.1 Å². The minimum absolute atomic E-state index is 0.173. The minimum atomic E-state index is -0.532. The van der Waals surface area contributed by atoms with Crippen LogP contribution in [0.2, 0.25) is 0 Å². The molecule has 1 aromatic heterocycles. The van der Waals surface area contributed by atoms with Crippen LogP contribution in [-0.4, -0.2) is 34.8 Å². The number of carbonyl (C=O) groups excluding carboxylic acids is 2. The summed E-state index contributed by atoms with van der Waals surface area (Å²) in [5.74, 6) is -0.680. The quantitative estimate of drug-likeness (QED) is 0.581. The fourth-order valence-corrected chi connectivity index (χ4v) is 3.32. The first-order valence-electron chi connectivity index (χ1n) is 10.0. The van der Waals surface area contributed by atoms with Crippen molar-refractivity contribution in [1.29, 1.82) is 0 Å². The van der Waals surface area contributed by atoms with E-state index in [0.29, 0.717) is 24.3 Å². The zero-order chi connectivity index (χ0) is 21.5. The number of benzene rings is 2. The van der Waals surface area contributed by atoms with Crippen LogP contribution in [0.25, 0.3) is 0 Å². The Morgan fingerprint density at radius 2 is 1.67 bits per heavy atom. The van der Waals surface area contributed by atoms with E-state index in [1.165, 1.54) is 0 Å². The van der Waals surface area contributed by atoms with E-state index in [2.05, 4.69) is 10.4 Å². The first kappa shape index (κ1) is 21.3. The maximum absolute atomic E-state index is 12.6. The number of nitrogens with zero attached hydrogens (tertiary/aromatic N) is 2. The topological polar surface area (TPSA) is 73.2 Å². The van der Waals surface area contributed by atoms with Crippen LogP contribution < -0.4 is 5.32 Å². The summed E-state index contributed by atoms with van der Waals surface area (Å²) in [6.45, 7) is 6.37. The number of carbonyl (C=O) groups is 2. The van der Waals surface area contributed by atoms with E-state index in [0.717, 1.165) is 16.8 Å². The number of hydrogen-bond acceptors (Lipinski definition) is 4. The van der Waals surface area contributed by atoms with Crippen LogP contribution in [-0.2, 0) is 16.1 Å². The van der Waals surface area contributed by atoms with Gasteiger partial charge >= 0.3 is 5.97 Å². The van der Waals surface area contributed by atoms with Gasteiger partial charge in [0.1, 0.15) is 5.56 Å². The Labute approximate surface area is 176 Å². The Bertz CT molecular complexity index is 997. The molecule has 1 heterocycles. The number of nitrogens with one attached hydrogen (secondary N) is 1. The Kier molecular flexibility index (Phi) is 7.01. The second-order valence-corrected chi connectivity index (χ2v) is 7.38. The van der Waals surface area contributed by atoms with Gasteiger partial charge in [0, 0.05) is 6.54 Å². The third kappa shape index (κ3) is 5.35. The predicted molar refractivity (Wildman–Crippen MR) is 115 cm³/mol. The van der Waals surface area contributed by atoms with Gasteiger partial charge in [0.15, 0.2) is 6.61 Å². The predicted octanol–water partition coefficient (Wildman–Crippen LogP) is 3.62. The number of amides is 1. The van der Waals surface area contributed by atoms with E-state index in [1.807, 2.05) is 74.5 Å². The molecule has 2 aromatic carbocycles. The summed E-state index contributed by atoms with van der Waals surface area (Å²) in [5, 5.41) is 7.28. The van der Waals surface area contributed by atoms with Crippen LogP contribution in [0, 0.1) is 13.8 Å². The third-order valence-corrected chi connectivity index (χ3v) is 5.07. The molecule has 0 unspecified atom stereocenters. The van der Waals surface area contributed by atoms with Crippen molar-refractivity contribution in [2.75, 3.05) is 13.2 Å². The first-order valence-corrected chi connectivity index (χ1v) is 10.0. The fraction of sp³-hybridized carbons (Fsp3) is 0.292. The third-order valence-electron chi connectivity index (χ3n) is 5.07. The van der Waals surface area contributed by atoms with E-state index in [9.17, 15) is 9.59 Å². The Hall–Kier alpha value is -3.41. The molecule has 0 radical (unpaired) electrons. The summed E-state index contributed by atoms with van der Waals surface area (Å²) in [5.41, 5.74) is 3.96. The Morgan fingerprint density at radius 1 is 1.03 bits per heavy atom. The first-order chi connectivity index (χ1) is 14.5. The molecule has 3 rings (SSSR count). The normalized spacial score (nSPS) is 11.7. The monoisotopic (exact) mass is 405 g/mol. The molecule has 30 heavy (non-hydrogen) atoms. The largest absolute Gasteiger partial charge is 0.452 e. The Morgan fingerprint density at radius 3 is 2.33 bits per heavy atom. The summed E-state index contributed by atoms with van der Waals surface area (Å²) in [7, 11) is 0.